The van der Waals surface area contributed by atoms with E-state index in [1.54, 1.807) is 18.2 Å². The fourth-order valence-electron chi connectivity index (χ4n) is 4.67. The number of amides is 4. The minimum Gasteiger partial charge on any atom is -0.341 e. The molecular weight excluding hydrogens is 500 g/mol. The van der Waals surface area contributed by atoms with Crippen molar-refractivity contribution in [2.45, 2.75) is 46.6 Å². The van der Waals surface area contributed by atoms with E-state index < -0.39 is 23.8 Å². The van der Waals surface area contributed by atoms with E-state index in [2.05, 4.69) is 9.72 Å². The molecule has 1 saturated heterocycles. The number of unbranched alkanes of at least 4 members (excludes halogenated alkanes) is 1. The summed E-state index contributed by atoms with van der Waals surface area (Å²) in [6.45, 7) is 5.92. The molecule has 1 aromatic heterocycles. The van der Waals surface area contributed by atoms with Crippen LogP contribution in [0.3, 0.4) is 0 Å². The maximum atomic E-state index is 13.4. The number of carbonyl (C=O) groups is 5. The molecule has 0 bridgehead atoms. The second-order valence-corrected chi connectivity index (χ2v) is 9.38. The average molecular weight is 531 g/mol. The van der Waals surface area contributed by atoms with Gasteiger partial charge in [-0.3, -0.25) is 24.2 Å². The van der Waals surface area contributed by atoms with Gasteiger partial charge in [-0.25, -0.2) is 9.59 Å². The molecular formula is C29H30N4O6. The number of hydrogen-bond acceptors (Lipinski definition) is 7. The van der Waals surface area contributed by atoms with Crippen LogP contribution in [0.2, 0.25) is 0 Å². The summed E-state index contributed by atoms with van der Waals surface area (Å²) in [5.74, 6) is -2.26. The quantitative estimate of drug-likeness (QED) is 0.105. The van der Waals surface area contributed by atoms with Crippen molar-refractivity contribution in [1.82, 2.24) is 14.4 Å². The van der Waals surface area contributed by atoms with Crippen LogP contribution in [0.1, 0.15) is 56.0 Å². The molecule has 10 heteroatoms. The van der Waals surface area contributed by atoms with Gasteiger partial charge in [0.25, 0.3) is 11.8 Å². The predicted molar refractivity (Wildman–Crippen MR) is 147 cm³/mol. The van der Waals surface area contributed by atoms with Gasteiger partial charge in [0, 0.05) is 54.9 Å². The first-order valence-electron chi connectivity index (χ1n) is 12.8. The Morgan fingerprint density at radius 1 is 0.923 bits per heavy atom. The average Bonchev–Trinajstić information content (AvgIpc) is 3.25. The lowest BCUT2D eigenvalue weighted by Crippen LogP contribution is -2.52. The van der Waals surface area contributed by atoms with E-state index in [0.717, 1.165) is 38.0 Å². The lowest BCUT2D eigenvalue weighted by molar-refractivity contribution is -0.141. The highest BCUT2D eigenvalue weighted by Gasteiger charge is 2.37. The zero-order chi connectivity index (χ0) is 28.4. The van der Waals surface area contributed by atoms with Crippen molar-refractivity contribution in [2.24, 2.45) is 5.16 Å². The summed E-state index contributed by atoms with van der Waals surface area (Å²) in [5, 5.41) is 5.46. The van der Waals surface area contributed by atoms with Gasteiger partial charge in [-0.15, -0.1) is 0 Å². The van der Waals surface area contributed by atoms with Gasteiger partial charge in [0.15, 0.2) is 0 Å². The molecule has 1 aliphatic heterocycles. The number of likely N-dealkylation sites (N-methyl/N-ethyl adjacent to an activating group) is 2. The summed E-state index contributed by atoms with van der Waals surface area (Å²) < 4.78 is 2.11. The van der Waals surface area contributed by atoms with E-state index >= 15 is 0 Å². The molecule has 0 saturated carbocycles. The molecule has 0 unspecified atom stereocenters. The molecule has 0 aliphatic carbocycles. The number of fused-ring (bicyclic) bond motifs is 3. The van der Waals surface area contributed by atoms with E-state index in [1.165, 1.54) is 27.1 Å². The van der Waals surface area contributed by atoms with E-state index in [0.29, 0.717) is 30.5 Å². The number of aryl methyl sites for hydroxylation is 1. The third-order valence-electron chi connectivity index (χ3n) is 6.74. The molecule has 2 aromatic carbocycles. The maximum absolute atomic E-state index is 13.4. The van der Waals surface area contributed by atoms with Crippen LogP contribution in [-0.4, -0.2) is 63.8 Å². The second kappa shape index (κ2) is 11.0. The van der Waals surface area contributed by atoms with Gasteiger partial charge in [0.2, 0.25) is 5.78 Å². The molecule has 3 aromatic rings. The molecule has 39 heavy (non-hydrogen) atoms. The molecule has 0 radical (unpaired) electrons. The number of barbiturate groups is 1. The van der Waals surface area contributed by atoms with E-state index in [9.17, 15) is 24.0 Å². The molecule has 0 N–H and O–H groups in total. The lowest BCUT2D eigenvalue weighted by Gasteiger charge is -2.28. The molecule has 1 fully saturated rings. The van der Waals surface area contributed by atoms with Gasteiger partial charge in [0.1, 0.15) is 11.3 Å². The highest BCUT2D eigenvalue weighted by Crippen LogP contribution is 2.32. The lowest BCUT2D eigenvalue weighted by atomic mass is 10.00. The normalized spacial score (nSPS) is 14.5. The maximum Gasteiger partial charge on any atom is 0.333 e. The molecule has 202 valence electrons. The van der Waals surface area contributed by atoms with Crippen LogP contribution in [0.15, 0.2) is 47.1 Å². The van der Waals surface area contributed by atoms with Gasteiger partial charge in [-0.05, 0) is 61.7 Å². The Morgan fingerprint density at radius 2 is 1.54 bits per heavy atom. The van der Waals surface area contributed by atoms with Crippen molar-refractivity contribution in [3.63, 3.8) is 0 Å². The molecule has 4 amide bonds. The van der Waals surface area contributed by atoms with Crippen LogP contribution in [0, 0.1) is 0 Å². The highest BCUT2D eigenvalue weighted by molar-refractivity contribution is 6.46. The van der Waals surface area contributed by atoms with Crippen LogP contribution in [0.4, 0.5) is 4.79 Å². The van der Waals surface area contributed by atoms with Gasteiger partial charge in [-0.1, -0.05) is 24.6 Å². The minimum absolute atomic E-state index is 0.115. The number of nitrogens with zero attached hydrogens (tertiary/aromatic N) is 4. The smallest absolute Gasteiger partial charge is 0.333 e. The zero-order valence-corrected chi connectivity index (χ0v) is 22.6. The summed E-state index contributed by atoms with van der Waals surface area (Å²) in [6.07, 6.45) is 3.41. The number of carbonyl (C=O) groups excluding carboxylic acids is 5. The molecule has 1 aliphatic rings. The summed E-state index contributed by atoms with van der Waals surface area (Å²) in [6, 6.07) is 10.3. The van der Waals surface area contributed by atoms with Gasteiger partial charge >= 0.3 is 12.0 Å². The highest BCUT2D eigenvalue weighted by atomic mass is 16.7. The van der Waals surface area contributed by atoms with Crippen molar-refractivity contribution >= 4 is 63.2 Å². The topological polar surface area (TPSA) is 118 Å². The van der Waals surface area contributed by atoms with E-state index in [4.69, 9.17) is 4.84 Å². The monoisotopic (exact) mass is 530 g/mol. The molecule has 4 rings (SSSR count). The number of benzene rings is 2. The largest absolute Gasteiger partial charge is 0.341 e. The molecule has 10 nitrogen and oxygen atoms in total. The van der Waals surface area contributed by atoms with Crippen molar-refractivity contribution in [3.05, 3.63) is 53.1 Å². The predicted octanol–water partition coefficient (Wildman–Crippen LogP) is 4.54. The van der Waals surface area contributed by atoms with Crippen molar-refractivity contribution in [3.8, 4) is 0 Å². The van der Waals surface area contributed by atoms with Gasteiger partial charge in [0.05, 0.1) is 0 Å². The summed E-state index contributed by atoms with van der Waals surface area (Å²) >= 11 is 0. The number of ketones is 1. The zero-order valence-electron chi connectivity index (χ0n) is 22.6. The van der Waals surface area contributed by atoms with Gasteiger partial charge in [-0.2, -0.15) is 0 Å². The number of oxime groups is 1. The Labute approximate surface area is 225 Å². The third kappa shape index (κ3) is 5.09. The first-order valence-corrected chi connectivity index (χ1v) is 12.8. The van der Waals surface area contributed by atoms with Crippen LogP contribution >= 0.6 is 0 Å². The molecule has 0 spiro atoms. The summed E-state index contributed by atoms with van der Waals surface area (Å²) in [7, 11) is 2.66. The first kappa shape index (κ1) is 27.4. The Bertz CT molecular complexity index is 1570. The molecule has 0 atom stereocenters. The third-order valence-corrected chi connectivity index (χ3v) is 6.74. The minimum atomic E-state index is -0.684. The van der Waals surface area contributed by atoms with E-state index in [1.807, 2.05) is 32.0 Å². The fraction of sp³-hybridized carbons (Fsp3) is 0.310. The number of urea groups is 1. The van der Waals surface area contributed by atoms with Gasteiger partial charge < -0.3 is 9.40 Å². The SMILES string of the molecule is CCCCC(=NOC(C)=O)C(=O)c1ccc2c(c1)c1cc(C=C3C(=O)N(C)C(=O)N(C)C3=O)ccc1n2CC. The Morgan fingerprint density at radius 3 is 2.13 bits per heavy atom. The van der Waals surface area contributed by atoms with E-state index in [-0.39, 0.29) is 17.1 Å². The Hall–Kier alpha value is -4.60. The fourth-order valence-corrected chi connectivity index (χ4v) is 4.67. The second-order valence-electron chi connectivity index (χ2n) is 9.38. The van der Waals surface area contributed by atoms with Crippen LogP contribution in [-0.2, 0) is 25.8 Å². The summed E-state index contributed by atoms with van der Waals surface area (Å²) in [5.41, 5.74) is 2.90. The van der Waals surface area contributed by atoms with Crippen LogP contribution < -0.4 is 0 Å². The first-order chi connectivity index (χ1) is 18.6. The number of rotatable bonds is 8. The standard InChI is InChI=1S/C29H30N4O6/c1-6-8-9-23(30-39-17(3)34)26(35)19-11-13-25-21(16-19)20-14-18(10-12-24(20)33(25)7-2)15-22-27(36)31(4)29(38)32(5)28(22)37/h10-16H,6-9H2,1-5H3. The Kier molecular flexibility index (Phi) is 7.75. The Balaban J connectivity index is 1.83. The number of aromatic nitrogens is 1. The number of hydrogen-bond donors (Lipinski definition) is 0. The van der Waals surface area contributed by atoms with Crippen LogP contribution in [0.5, 0.6) is 0 Å². The van der Waals surface area contributed by atoms with Crippen molar-refractivity contribution in [2.75, 3.05) is 14.1 Å². The summed E-state index contributed by atoms with van der Waals surface area (Å²) in [4.78, 5) is 68.7. The van der Waals surface area contributed by atoms with Crippen molar-refractivity contribution < 1.29 is 28.8 Å². The number of Topliss-reactive ketones (excluding diaryl/α,β-unsaturated/α-hetero) is 1. The van der Waals surface area contributed by atoms with Crippen LogP contribution in [0.25, 0.3) is 27.9 Å². The van der Waals surface area contributed by atoms with Crippen molar-refractivity contribution in [1.29, 1.82) is 0 Å². The number of imide groups is 2. The molecule has 2 heterocycles.